The van der Waals surface area contributed by atoms with Crippen molar-refractivity contribution in [3.05, 3.63) is 35.4 Å². The molecule has 1 amide bonds. The summed E-state index contributed by atoms with van der Waals surface area (Å²) < 4.78 is 33.1. The van der Waals surface area contributed by atoms with E-state index in [0.717, 1.165) is 25.7 Å². The number of nitrogens with zero attached hydrogens (tertiary/aromatic N) is 2. The number of benzene rings is 1. The second kappa shape index (κ2) is 7.98. The minimum Gasteiger partial charge on any atom is -0.396 e. The average molecular weight is 368 g/mol. The first-order valence-corrected chi connectivity index (χ1v) is 9.11. The van der Waals surface area contributed by atoms with E-state index in [9.17, 15) is 18.7 Å². The van der Waals surface area contributed by atoms with Gasteiger partial charge in [-0.3, -0.25) is 9.69 Å². The van der Waals surface area contributed by atoms with E-state index in [-0.39, 0.29) is 36.2 Å². The zero-order valence-corrected chi connectivity index (χ0v) is 15.2. The summed E-state index contributed by atoms with van der Waals surface area (Å²) in [5.74, 6) is -2.63. The van der Waals surface area contributed by atoms with Crippen molar-refractivity contribution < 1.29 is 23.4 Å². The fraction of sp³-hybridized carbons (Fsp3) is 0.632. The Morgan fingerprint density at radius 2 is 1.81 bits per heavy atom. The number of morpholine rings is 1. The molecule has 0 spiro atoms. The molecule has 5 nitrogen and oxygen atoms in total. The number of likely N-dealkylation sites (tertiary alicyclic amines) is 1. The highest BCUT2D eigenvalue weighted by Crippen LogP contribution is 2.27. The number of aliphatic hydroxyl groups is 1. The Morgan fingerprint density at radius 3 is 2.46 bits per heavy atom. The van der Waals surface area contributed by atoms with Gasteiger partial charge in [-0.1, -0.05) is 6.07 Å². The number of aliphatic hydroxyl groups excluding tert-OH is 1. The average Bonchev–Trinajstić information content (AvgIpc) is 2.98. The van der Waals surface area contributed by atoms with Crippen LogP contribution in [0.1, 0.15) is 24.2 Å². The molecule has 1 aromatic rings. The number of halogens is 2. The molecular formula is C19H26F2N2O3. The molecule has 0 aliphatic carbocycles. The van der Waals surface area contributed by atoms with Gasteiger partial charge >= 0.3 is 0 Å². The van der Waals surface area contributed by atoms with Gasteiger partial charge in [0.05, 0.1) is 17.8 Å². The van der Waals surface area contributed by atoms with Crippen LogP contribution in [-0.2, 0) is 4.74 Å². The quantitative estimate of drug-likeness (QED) is 0.880. The first kappa shape index (κ1) is 19.2. The summed E-state index contributed by atoms with van der Waals surface area (Å²) in [6, 6.07) is 3.63. The molecule has 7 heteroatoms. The van der Waals surface area contributed by atoms with Gasteiger partial charge < -0.3 is 14.7 Å². The van der Waals surface area contributed by atoms with Crippen molar-refractivity contribution in [2.24, 2.45) is 11.8 Å². The van der Waals surface area contributed by atoms with E-state index in [1.165, 1.54) is 17.0 Å². The van der Waals surface area contributed by atoms with Crippen LogP contribution in [0.25, 0.3) is 0 Å². The van der Waals surface area contributed by atoms with Crippen molar-refractivity contribution >= 4 is 5.91 Å². The van der Waals surface area contributed by atoms with Crippen LogP contribution >= 0.6 is 0 Å². The Morgan fingerprint density at radius 1 is 1.15 bits per heavy atom. The molecule has 0 bridgehead atoms. The van der Waals surface area contributed by atoms with Gasteiger partial charge in [-0.2, -0.15) is 0 Å². The maximum absolute atomic E-state index is 13.9. The minimum absolute atomic E-state index is 0.0322. The van der Waals surface area contributed by atoms with Gasteiger partial charge in [-0.15, -0.1) is 0 Å². The van der Waals surface area contributed by atoms with Crippen molar-refractivity contribution in [1.82, 2.24) is 9.80 Å². The van der Waals surface area contributed by atoms with Crippen LogP contribution in [0.4, 0.5) is 8.78 Å². The number of amides is 1. The Balaban J connectivity index is 1.68. The molecule has 2 heterocycles. The molecule has 1 N–H and O–H groups in total. The Bertz CT molecular complexity index is 648. The van der Waals surface area contributed by atoms with Crippen LogP contribution in [0.2, 0.25) is 0 Å². The second-order valence-corrected chi connectivity index (χ2v) is 7.49. The van der Waals surface area contributed by atoms with Crippen LogP contribution in [-0.4, -0.2) is 72.4 Å². The lowest BCUT2D eigenvalue weighted by molar-refractivity contribution is -0.0726. The van der Waals surface area contributed by atoms with Crippen LogP contribution in [0.5, 0.6) is 0 Å². The van der Waals surface area contributed by atoms with E-state index < -0.39 is 17.5 Å². The highest BCUT2D eigenvalue weighted by molar-refractivity contribution is 5.94. The van der Waals surface area contributed by atoms with Crippen molar-refractivity contribution in [2.75, 3.05) is 39.3 Å². The summed E-state index contributed by atoms with van der Waals surface area (Å²) in [5, 5.41) is 9.72. The maximum Gasteiger partial charge on any atom is 0.256 e. The molecule has 2 fully saturated rings. The smallest absolute Gasteiger partial charge is 0.256 e. The standard InChI is InChI=1S/C19H26F2N2O3/c1-12-6-22(7-13(2)26-12)8-14-9-23(10-15(14)11-24)19(25)16-4-3-5-17(20)18(16)21/h3-5,12-15,24H,6-11H2,1-2H3/t12-,13+,14-,15-/m0/s1. The zero-order valence-electron chi connectivity index (χ0n) is 15.2. The van der Waals surface area contributed by atoms with Gasteiger partial charge in [-0.05, 0) is 31.9 Å². The van der Waals surface area contributed by atoms with Gasteiger partial charge in [0.15, 0.2) is 11.6 Å². The van der Waals surface area contributed by atoms with Crippen LogP contribution in [0, 0.1) is 23.5 Å². The van der Waals surface area contributed by atoms with Crippen molar-refractivity contribution in [3.63, 3.8) is 0 Å². The molecule has 2 aliphatic heterocycles. The molecule has 1 aromatic carbocycles. The second-order valence-electron chi connectivity index (χ2n) is 7.49. The normalized spacial score (nSPS) is 30.0. The third-order valence-corrected chi connectivity index (χ3v) is 5.27. The Labute approximate surface area is 152 Å². The summed E-state index contributed by atoms with van der Waals surface area (Å²) in [7, 11) is 0. The number of hydrogen-bond acceptors (Lipinski definition) is 4. The molecule has 4 atom stereocenters. The van der Waals surface area contributed by atoms with E-state index in [2.05, 4.69) is 4.90 Å². The zero-order chi connectivity index (χ0) is 18.8. The number of ether oxygens (including phenoxy) is 1. The molecule has 2 aliphatic rings. The molecule has 3 rings (SSSR count). The first-order chi connectivity index (χ1) is 12.4. The van der Waals surface area contributed by atoms with E-state index >= 15 is 0 Å². The van der Waals surface area contributed by atoms with Crippen LogP contribution in [0.3, 0.4) is 0 Å². The van der Waals surface area contributed by atoms with Crippen LogP contribution in [0.15, 0.2) is 18.2 Å². The van der Waals surface area contributed by atoms with Gasteiger partial charge in [-0.25, -0.2) is 8.78 Å². The SMILES string of the molecule is C[C@@H]1CN(C[C@H]2CN(C(=O)c3cccc(F)c3F)C[C@H]2CO)C[C@H](C)O1. The Hall–Kier alpha value is -1.57. The fourth-order valence-corrected chi connectivity index (χ4v) is 4.12. The van der Waals surface area contributed by atoms with Gasteiger partial charge in [0.1, 0.15) is 0 Å². The molecule has 0 unspecified atom stereocenters. The minimum atomic E-state index is -1.11. The highest BCUT2D eigenvalue weighted by atomic mass is 19.2. The lowest BCUT2D eigenvalue weighted by Crippen LogP contribution is -2.48. The molecule has 0 saturated carbocycles. The molecule has 0 radical (unpaired) electrons. The summed E-state index contributed by atoms with van der Waals surface area (Å²) in [6.07, 6.45) is 0.290. The largest absolute Gasteiger partial charge is 0.396 e. The number of carbonyl (C=O) groups excluding carboxylic acids is 1. The molecule has 0 aromatic heterocycles. The molecule has 26 heavy (non-hydrogen) atoms. The number of carbonyl (C=O) groups is 1. The van der Waals surface area contributed by atoms with Crippen molar-refractivity contribution in [2.45, 2.75) is 26.1 Å². The number of hydrogen-bond donors (Lipinski definition) is 1. The molecule has 144 valence electrons. The molecular weight excluding hydrogens is 342 g/mol. The lowest BCUT2D eigenvalue weighted by Gasteiger charge is -2.37. The monoisotopic (exact) mass is 368 g/mol. The number of rotatable bonds is 4. The topological polar surface area (TPSA) is 53.0 Å². The third kappa shape index (κ3) is 4.05. The molecule has 2 saturated heterocycles. The van der Waals surface area contributed by atoms with E-state index in [0.29, 0.717) is 13.1 Å². The van der Waals surface area contributed by atoms with E-state index in [1.54, 1.807) is 0 Å². The predicted molar refractivity (Wildman–Crippen MR) is 92.8 cm³/mol. The van der Waals surface area contributed by atoms with E-state index in [1.807, 2.05) is 13.8 Å². The van der Waals surface area contributed by atoms with Gasteiger partial charge in [0, 0.05) is 45.2 Å². The summed E-state index contributed by atoms with van der Waals surface area (Å²) in [4.78, 5) is 16.4. The summed E-state index contributed by atoms with van der Waals surface area (Å²) in [6.45, 7) is 7.18. The third-order valence-electron chi connectivity index (χ3n) is 5.27. The van der Waals surface area contributed by atoms with Crippen molar-refractivity contribution in [3.8, 4) is 0 Å². The van der Waals surface area contributed by atoms with Crippen molar-refractivity contribution in [1.29, 1.82) is 0 Å². The summed E-state index contributed by atoms with van der Waals surface area (Å²) >= 11 is 0. The van der Waals surface area contributed by atoms with Gasteiger partial charge in [0.2, 0.25) is 0 Å². The fourth-order valence-electron chi connectivity index (χ4n) is 4.12. The van der Waals surface area contributed by atoms with Gasteiger partial charge in [0.25, 0.3) is 5.91 Å². The van der Waals surface area contributed by atoms with Crippen LogP contribution < -0.4 is 0 Å². The first-order valence-electron chi connectivity index (χ1n) is 9.11. The lowest BCUT2D eigenvalue weighted by atomic mass is 9.96. The predicted octanol–water partition coefficient (Wildman–Crippen LogP) is 1.75. The maximum atomic E-state index is 13.9. The van der Waals surface area contributed by atoms with E-state index in [4.69, 9.17) is 4.74 Å². The highest BCUT2D eigenvalue weighted by Gasteiger charge is 2.37. The Kier molecular flexibility index (Phi) is 5.89. The summed E-state index contributed by atoms with van der Waals surface area (Å²) in [5.41, 5.74) is -0.254.